The van der Waals surface area contributed by atoms with Gasteiger partial charge in [-0.05, 0) is 56.2 Å². The number of hydrogen-bond donors (Lipinski definition) is 0. The SMILES string of the molecule is Cc1cc(C)c2c(c1)sc(=NC(=O)c1ccc3ccc(C)nc3c1)n2C. The van der Waals surface area contributed by atoms with E-state index in [0.717, 1.165) is 26.8 Å². The molecule has 0 N–H and O–H groups in total. The van der Waals surface area contributed by atoms with Crippen LogP contribution in [0.3, 0.4) is 0 Å². The van der Waals surface area contributed by atoms with Crippen molar-refractivity contribution in [3.63, 3.8) is 0 Å². The van der Waals surface area contributed by atoms with E-state index in [9.17, 15) is 4.79 Å². The molecule has 26 heavy (non-hydrogen) atoms. The molecule has 0 bridgehead atoms. The number of aromatic nitrogens is 2. The second-order valence-electron chi connectivity index (χ2n) is 6.65. The molecule has 0 aliphatic carbocycles. The van der Waals surface area contributed by atoms with Gasteiger partial charge in [0.05, 0.1) is 15.7 Å². The van der Waals surface area contributed by atoms with Gasteiger partial charge in [-0.15, -0.1) is 0 Å². The second-order valence-corrected chi connectivity index (χ2v) is 7.66. The van der Waals surface area contributed by atoms with Crippen LogP contribution < -0.4 is 4.80 Å². The van der Waals surface area contributed by atoms with Gasteiger partial charge in [-0.2, -0.15) is 4.99 Å². The number of rotatable bonds is 1. The molecule has 0 aliphatic heterocycles. The molecule has 1 amide bonds. The predicted octanol–water partition coefficient (Wildman–Crippen LogP) is 4.45. The number of carbonyl (C=O) groups is 1. The van der Waals surface area contributed by atoms with Gasteiger partial charge in [-0.25, -0.2) is 0 Å². The lowest BCUT2D eigenvalue weighted by molar-refractivity contribution is 0.0998. The summed E-state index contributed by atoms with van der Waals surface area (Å²) < 4.78 is 3.14. The third-order valence-corrected chi connectivity index (χ3v) is 5.59. The fourth-order valence-electron chi connectivity index (χ4n) is 3.29. The van der Waals surface area contributed by atoms with Gasteiger partial charge in [0.1, 0.15) is 0 Å². The molecule has 4 nitrogen and oxygen atoms in total. The van der Waals surface area contributed by atoms with Crippen LogP contribution in [-0.2, 0) is 7.05 Å². The van der Waals surface area contributed by atoms with Crippen molar-refractivity contribution in [3.8, 4) is 0 Å². The third-order valence-electron chi connectivity index (χ3n) is 4.51. The zero-order valence-corrected chi connectivity index (χ0v) is 16.0. The lowest BCUT2D eigenvalue weighted by atomic mass is 10.1. The Morgan fingerprint density at radius 3 is 2.65 bits per heavy atom. The molecule has 0 atom stereocenters. The van der Waals surface area contributed by atoms with Gasteiger partial charge in [0, 0.05) is 23.7 Å². The first-order chi connectivity index (χ1) is 12.4. The lowest BCUT2D eigenvalue weighted by Crippen LogP contribution is -2.13. The summed E-state index contributed by atoms with van der Waals surface area (Å²) in [5.41, 5.74) is 5.84. The Bertz CT molecular complexity index is 1250. The molecule has 0 fully saturated rings. The van der Waals surface area contributed by atoms with Gasteiger partial charge in [0.2, 0.25) is 0 Å². The van der Waals surface area contributed by atoms with Gasteiger partial charge in [-0.3, -0.25) is 9.78 Å². The number of fused-ring (bicyclic) bond motifs is 2. The topological polar surface area (TPSA) is 47.2 Å². The average molecular weight is 361 g/mol. The van der Waals surface area contributed by atoms with Crippen LogP contribution in [0.1, 0.15) is 27.2 Å². The number of amides is 1. The highest BCUT2D eigenvalue weighted by atomic mass is 32.1. The molecule has 0 spiro atoms. The molecule has 2 heterocycles. The number of nitrogens with zero attached hydrogens (tertiary/aromatic N) is 3. The summed E-state index contributed by atoms with van der Waals surface area (Å²) in [6.45, 7) is 6.11. The van der Waals surface area contributed by atoms with Crippen LogP contribution in [-0.4, -0.2) is 15.5 Å². The minimum Gasteiger partial charge on any atom is -0.319 e. The normalized spacial score (nSPS) is 12.2. The fraction of sp³-hybridized carbons (Fsp3) is 0.190. The van der Waals surface area contributed by atoms with Crippen molar-refractivity contribution in [1.82, 2.24) is 9.55 Å². The summed E-state index contributed by atoms with van der Waals surface area (Å²) in [5.74, 6) is -0.244. The number of benzene rings is 2. The van der Waals surface area contributed by atoms with E-state index in [2.05, 4.69) is 36.0 Å². The van der Waals surface area contributed by atoms with Crippen LogP contribution in [0.4, 0.5) is 0 Å². The number of hydrogen-bond acceptors (Lipinski definition) is 3. The molecule has 0 saturated heterocycles. The van der Waals surface area contributed by atoms with E-state index in [1.54, 1.807) is 11.3 Å². The van der Waals surface area contributed by atoms with E-state index >= 15 is 0 Å². The number of pyridine rings is 1. The molecule has 2 aromatic carbocycles. The van der Waals surface area contributed by atoms with Crippen LogP contribution >= 0.6 is 11.3 Å². The highest BCUT2D eigenvalue weighted by molar-refractivity contribution is 7.16. The van der Waals surface area contributed by atoms with Crippen LogP contribution in [0.25, 0.3) is 21.1 Å². The molecule has 0 aliphatic rings. The summed E-state index contributed by atoms with van der Waals surface area (Å²) in [7, 11) is 1.96. The predicted molar refractivity (Wildman–Crippen MR) is 107 cm³/mol. The molecule has 0 saturated carbocycles. The van der Waals surface area contributed by atoms with Crippen molar-refractivity contribution in [2.45, 2.75) is 20.8 Å². The number of aryl methyl sites for hydroxylation is 4. The average Bonchev–Trinajstić information content (AvgIpc) is 2.89. The summed E-state index contributed by atoms with van der Waals surface area (Å²) in [6.07, 6.45) is 0. The highest BCUT2D eigenvalue weighted by Crippen LogP contribution is 2.22. The Kier molecular flexibility index (Phi) is 3.96. The van der Waals surface area contributed by atoms with Crippen molar-refractivity contribution in [2.24, 2.45) is 12.0 Å². The molecule has 4 rings (SSSR count). The highest BCUT2D eigenvalue weighted by Gasteiger charge is 2.10. The van der Waals surface area contributed by atoms with E-state index in [1.165, 1.54) is 11.1 Å². The first-order valence-electron chi connectivity index (χ1n) is 8.45. The Morgan fingerprint density at radius 1 is 1.08 bits per heavy atom. The minimum absolute atomic E-state index is 0.244. The largest absolute Gasteiger partial charge is 0.319 e. The first kappa shape index (κ1) is 16.7. The molecule has 4 aromatic rings. The molecule has 0 unspecified atom stereocenters. The maximum absolute atomic E-state index is 12.7. The van der Waals surface area contributed by atoms with Crippen molar-refractivity contribution in [2.75, 3.05) is 0 Å². The van der Waals surface area contributed by atoms with Crippen molar-refractivity contribution < 1.29 is 4.79 Å². The summed E-state index contributed by atoms with van der Waals surface area (Å²) in [6, 6.07) is 13.8. The third kappa shape index (κ3) is 2.84. The Balaban J connectivity index is 1.83. The van der Waals surface area contributed by atoms with Crippen molar-refractivity contribution in [3.05, 3.63) is 69.7 Å². The minimum atomic E-state index is -0.244. The van der Waals surface area contributed by atoms with E-state index in [4.69, 9.17) is 0 Å². The van der Waals surface area contributed by atoms with Crippen LogP contribution in [0, 0.1) is 20.8 Å². The molecule has 130 valence electrons. The first-order valence-corrected chi connectivity index (χ1v) is 9.27. The van der Waals surface area contributed by atoms with E-state index in [-0.39, 0.29) is 5.91 Å². The standard InChI is InChI=1S/C21H19N3OS/c1-12-9-13(2)19-18(10-12)26-21(24(19)4)23-20(25)16-8-7-15-6-5-14(3)22-17(15)11-16/h5-11H,1-4H3. The second kappa shape index (κ2) is 6.18. The number of carbonyl (C=O) groups excluding carboxylic acids is 1. The Morgan fingerprint density at radius 2 is 1.85 bits per heavy atom. The Hall–Kier alpha value is -2.79. The zero-order chi connectivity index (χ0) is 18.4. The molecule has 5 heteroatoms. The van der Waals surface area contributed by atoms with Crippen LogP contribution in [0.5, 0.6) is 0 Å². The van der Waals surface area contributed by atoms with E-state index in [0.29, 0.717) is 10.4 Å². The van der Waals surface area contributed by atoms with Crippen LogP contribution in [0.2, 0.25) is 0 Å². The molecule has 2 aromatic heterocycles. The summed E-state index contributed by atoms with van der Waals surface area (Å²) in [4.78, 5) is 22.3. The Labute approximate surface area is 155 Å². The van der Waals surface area contributed by atoms with Gasteiger partial charge >= 0.3 is 0 Å². The number of thiazole rings is 1. The van der Waals surface area contributed by atoms with Gasteiger partial charge < -0.3 is 4.57 Å². The van der Waals surface area contributed by atoms with Crippen LogP contribution in [0.15, 0.2) is 47.5 Å². The quantitative estimate of drug-likeness (QED) is 0.503. The molecule has 0 radical (unpaired) electrons. The van der Waals surface area contributed by atoms with Gasteiger partial charge in [0.15, 0.2) is 4.80 Å². The fourth-order valence-corrected chi connectivity index (χ4v) is 4.49. The lowest BCUT2D eigenvalue weighted by Gasteiger charge is -2.02. The monoisotopic (exact) mass is 361 g/mol. The molecular weight excluding hydrogens is 342 g/mol. The van der Waals surface area contributed by atoms with Crippen molar-refractivity contribution in [1.29, 1.82) is 0 Å². The van der Waals surface area contributed by atoms with Crippen molar-refractivity contribution >= 4 is 38.4 Å². The maximum atomic E-state index is 12.7. The summed E-state index contributed by atoms with van der Waals surface area (Å²) >= 11 is 1.54. The summed E-state index contributed by atoms with van der Waals surface area (Å²) in [5, 5.41) is 1.02. The maximum Gasteiger partial charge on any atom is 0.279 e. The van der Waals surface area contributed by atoms with Gasteiger partial charge in [-0.1, -0.05) is 29.5 Å². The van der Waals surface area contributed by atoms with Gasteiger partial charge in [0.25, 0.3) is 5.91 Å². The van der Waals surface area contributed by atoms with E-state index in [1.807, 2.05) is 48.9 Å². The van der Waals surface area contributed by atoms with E-state index < -0.39 is 0 Å². The smallest absolute Gasteiger partial charge is 0.279 e. The zero-order valence-electron chi connectivity index (χ0n) is 15.2. The molecular formula is C21H19N3OS.